The number of hydrogen-bond acceptors (Lipinski definition) is 3. The van der Waals surface area contributed by atoms with Crippen LogP contribution in [-0.4, -0.2) is 45.2 Å². The molecule has 1 aliphatic rings. The smallest absolute Gasteiger partial charge is 0.222 e. The zero-order valence-electron chi connectivity index (χ0n) is 11.4. The third-order valence-corrected chi connectivity index (χ3v) is 4.55. The molecule has 0 radical (unpaired) electrons. The fourth-order valence-corrected chi connectivity index (χ4v) is 3.29. The third-order valence-electron chi connectivity index (χ3n) is 3.61. The maximum Gasteiger partial charge on any atom is 0.222 e. The molecule has 1 fully saturated rings. The molecular formula is C13H21N3OS. The lowest BCUT2D eigenvalue weighted by Crippen LogP contribution is -2.38. The highest BCUT2D eigenvalue weighted by atomic mass is 32.2. The lowest BCUT2D eigenvalue weighted by atomic mass is 10.1. The number of thioether (sulfide) groups is 1. The van der Waals surface area contributed by atoms with Gasteiger partial charge >= 0.3 is 0 Å². The van der Waals surface area contributed by atoms with Gasteiger partial charge in [0.05, 0.1) is 5.69 Å². The summed E-state index contributed by atoms with van der Waals surface area (Å²) in [5, 5.41) is 4.39. The SMILES string of the molecule is Cc1nn(C)c(C)c1CCC(=O)N1CCSCC1. The minimum Gasteiger partial charge on any atom is -0.341 e. The Morgan fingerprint density at radius 3 is 2.56 bits per heavy atom. The summed E-state index contributed by atoms with van der Waals surface area (Å²) in [5.74, 6) is 2.45. The summed E-state index contributed by atoms with van der Waals surface area (Å²) in [4.78, 5) is 14.1. The van der Waals surface area contributed by atoms with Crippen LogP contribution >= 0.6 is 11.8 Å². The molecule has 0 unspecified atom stereocenters. The van der Waals surface area contributed by atoms with E-state index in [1.54, 1.807) is 0 Å². The van der Waals surface area contributed by atoms with Gasteiger partial charge in [0.2, 0.25) is 5.91 Å². The summed E-state index contributed by atoms with van der Waals surface area (Å²) in [6.07, 6.45) is 1.42. The molecule has 0 saturated carbocycles. The molecule has 2 rings (SSSR count). The molecule has 0 N–H and O–H groups in total. The Bertz CT molecular complexity index is 436. The van der Waals surface area contributed by atoms with Gasteiger partial charge in [-0.25, -0.2) is 0 Å². The van der Waals surface area contributed by atoms with Crippen molar-refractivity contribution < 1.29 is 4.79 Å². The first kappa shape index (κ1) is 13.5. The number of aromatic nitrogens is 2. The van der Waals surface area contributed by atoms with E-state index in [2.05, 4.69) is 12.0 Å². The highest BCUT2D eigenvalue weighted by Crippen LogP contribution is 2.16. The zero-order chi connectivity index (χ0) is 13.1. The van der Waals surface area contributed by atoms with Crippen LogP contribution < -0.4 is 0 Å². The quantitative estimate of drug-likeness (QED) is 0.834. The molecule has 1 amide bonds. The molecule has 0 aliphatic carbocycles. The Hall–Kier alpha value is -0.970. The van der Waals surface area contributed by atoms with E-state index in [1.807, 2.05) is 35.3 Å². The van der Waals surface area contributed by atoms with Crippen LogP contribution in [0.15, 0.2) is 0 Å². The van der Waals surface area contributed by atoms with E-state index in [1.165, 1.54) is 11.3 Å². The van der Waals surface area contributed by atoms with Gasteiger partial charge in [0.15, 0.2) is 0 Å². The first-order chi connectivity index (χ1) is 8.59. The van der Waals surface area contributed by atoms with Crippen molar-refractivity contribution in [3.63, 3.8) is 0 Å². The van der Waals surface area contributed by atoms with Crippen LogP contribution in [0.3, 0.4) is 0 Å². The van der Waals surface area contributed by atoms with E-state index in [9.17, 15) is 4.79 Å². The molecule has 18 heavy (non-hydrogen) atoms. The van der Waals surface area contributed by atoms with Crippen LogP contribution in [0.5, 0.6) is 0 Å². The van der Waals surface area contributed by atoms with E-state index in [4.69, 9.17) is 0 Å². The molecule has 1 saturated heterocycles. The standard InChI is InChI=1S/C13H21N3OS/c1-10-12(11(2)15(3)14-10)4-5-13(17)16-6-8-18-9-7-16/h4-9H2,1-3H3. The predicted molar refractivity (Wildman–Crippen MR) is 74.9 cm³/mol. The minimum atomic E-state index is 0.290. The molecule has 1 aromatic heterocycles. The van der Waals surface area contributed by atoms with Crippen molar-refractivity contribution in [2.45, 2.75) is 26.7 Å². The number of carbonyl (C=O) groups excluding carboxylic acids is 1. The van der Waals surface area contributed by atoms with Crippen LogP contribution in [-0.2, 0) is 18.3 Å². The molecule has 0 spiro atoms. The third kappa shape index (κ3) is 2.88. The second-order valence-corrected chi connectivity index (χ2v) is 5.99. The number of amides is 1. The summed E-state index contributed by atoms with van der Waals surface area (Å²) < 4.78 is 1.90. The Kier molecular flexibility index (Phi) is 4.32. The van der Waals surface area contributed by atoms with Crippen molar-refractivity contribution in [3.8, 4) is 0 Å². The number of aryl methyl sites for hydroxylation is 2. The van der Waals surface area contributed by atoms with E-state index in [0.717, 1.165) is 36.7 Å². The van der Waals surface area contributed by atoms with Gasteiger partial charge in [0.1, 0.15) is 0 Å². The fourth-order valence-electron chi connectivity index (χ4n) is 2.38. The number of rotatable bonds is 3. The first-order valence-electron chi connectivity index (χ1n) is 6.44. The fraction of sp³-hybridized carbons (Fsp3) is 0.692. The summed E-state index contributed by atoms with van der Waals surface area (Å²) in [6, 6.07) is 0. The summed E-state index contributed by atoms with van der Waals surface area (Å²) in [6.45, 7) is 5.91. The maximum absolute atomic E-state index is 12.1. The van der Waals surface area contributed by atoms with Gasteiger partial charge in [-0.3, -0.25) is 9.48 Å². The molecule has 100 valence electrons. The second-order valence-electron chi connectivity index (χ2n) is 4.77. The van der Waals surface area contributed by atoms with Crippen LogP contribution in [0.1, 0.15) is 23.4 Å². The second kappa shape index (κ2) is 5.78. The van der Waals surface area contributed by atoms with Gasteiger partial charge in [0, 0.05) is 43.8 Å². The summed E-state index contributed by atoms with van der Waals surface area (Å²) in [5.41, 5.74) is 3.46. The predicted octanol–water partition coefficient (Wildman–Crippen LogP) is 1.54. The minimum absolute atomic E-state index is 0.290. The molecule has 1 aliphatic heterocycles. The monoisotopic (exact) mass is 267 g/mol. The number of nitrogens with zero attached hydrogens (tertiary/aromatic N) is 3. The van der Waals surface area contributed by atoms with Gasteiger partial charge in [-0.1, -0.05) is 0 Å². The van der Waals surface area contributed by atoms with Crippen molar-refractivity contribution in [2.24, 2.45) is 7.05 Å². The van der Waals surface area contributed by atoms with Crippen molar-refractivity contribution in [2.75, 3.05) is 24.6 Å². The van der Waals surface area contributed by atoms with Gasteiger partial charge in [0.25, 0.3) is 0 Å². The lowest BCUT2D eigenvalue weighted by Gasteiger charge is -2.26. The van der Waals surface area contributed by atoms with E-state index < -0.39 is 0 Å². The highest BCUT2D eigenvalue weighted by molar-refractivity contribution is 7.99. The largest absolute Gasteiger partial charge is 0.341 e. The molecular weight excluding hydrogens is 246 g/mol. The topological polar surface area (TPSA) is 38.1 Å². The maximum atomic E-state index is 12.1. The van der Waals surface area contributed by atoms with Crippen LogP contribution in [0.2, 0.25) is 0 Å². The number of carbonyl (C=O) groups is 1. The Balaban J connectivity index is 1.92. The van der Waals surface area contributed by atoms with Gasteiger partial charge in [-0.15, -0.1) is 0 Å². The van der Waals surface area contributed by atoms with E-state index in [0.29, 0.717) is 6.42 Å². The molecule has 2 heterocycles. The Morgan fingerprint density at radius 2 is 2.00 bits per heavy atom. The normalized spacial score (nSPS) is 16.1. The zero-order valence-corrected chi connectivity index (χ0v) is 12.2. The van der Waals surface area contributed by atoms with Crippen molar-refractivity contribution in [1.29, 1.82) is 0 Å². The molecule has 0 aromatic carbocycles. The van der Waals surface area contributed by atoms with Crippen molar-refractivity contribution in [3.05, 3.63) is 17.0 Å². The summed E-state index contributed by atoms with van der Waals surface area (Å²) in [7, 11) is 1.95. The molecule has 1 aromatic rings. The molecule has 4 nitrogen and oxygen atoms in total. The van der Waals surface area contributed by atoms with Crippen LogP contribution in [0.4, 0.5) is 0 Å². The molecule has 0 bridgehead atoms. The highest BCUT2D eigenvalue weighted by Gasteiger charge is 2.18. The average molecular weight is 267 g/mol. The van der Waals surface area contributed by atoms with E-state index in [-0.39, 0.29) is 5.91 Å². The van der Waals surface area contributed by atoms with Crippen molar-refractivity contribution in [1.82, 2.24) is 14.7 Å². The average Bonchev–Trinajstić information content (AvgIpc) is 2.62. The van der Waals surface area contributed by atoms with Crippen LogP contribution in [0.25, 0.3) is 0 Å². The van der Waals surface area contributed by atoms with Gasteiger partial charge < -0.3 is 4.90 Å². The summed E-state index contributed by atoms with van der Waals surface area (Å²) >= 11 is 1.93. The van der Waals surface area contributed by atoms with E-state index >= 15 is 0 Å². The van der Waals surface area contributed by atoms with Crippen molar-refractivity contribution >= 4 is 17.7 Å². The lowest BCUT2D eigenvalue weighted by molar-refractivity contribution is -0.130. The van der Waals surface area contributed by atoms with Gasteiger partial charge in [-0.2, -0.15) is 16.9 Å². The first-order valence-corrected chi connectivity index (χ1v) is 7.59. The number of hydrogen-bond donors (Lipinski definition) is 0. The Morgan fingerprint density at radius 1 is 1.33 bits per heavy atom. The molecule has 0 atom stereocenters. The van der Waals surface area contributed by atoms with Gasteiger partial charge in [-0.05, 0) is 25.8 Å². The van der Waals surface area contributed by atoms with Crippen LogP contribution in [0, 0.1) is 13.8 Å². The molecule has 5 heteroatoms. The Labute approximate surface area is 113 Å².